The molecule has 5 unspecified atom stereocenters. The molecule has 2 heterocycles. The van der Waals surface area contributed by atoms with Gasteiger partial charge in [0, 0.05) is 12.5 Å². The zero-order chi connectivity index (χ0) is 20.0. The predicted octanol–water partition coefficient (Wildman–Crippen LogP) is 5.15. The molecule has 0 aromatic heterocycles. The first-order valence-corrected chi connectivity index (χ1v) is 11.7. The van der Waals surface area contributed by atoms with Crippen molar-refractivity contribution < 1.29 is 23.7 Å². The van der Waals surface area contributed by atoms with Crippen LogP contribution in [0.4, 0.5) is 0 Å². The normalized spacial score (nSPS) is 33.7. The lowest BCUT2D eigenvalue weighted by Gasteiger charge is -2.33. The van der Waals surface area contributed by atoms with Gasteiger partial charge in [0.25, 0.3) is 0 Å². The van der Waals surface area contributed by atoms with Gasteiger partial charge in [-0.15, -0.1) is 0 Å². The van der Waals surface area contributed by atoms with E-state index in [1.54, 1.807) is 0 Å². The molecule has 3 fully saturated rings. The molecular weight excluding hydrogens is 356 g/mol. The summed E-state index contributed by atoms with van der Waals surface area (Å²) in [6.07, 6.45) is 11.6. The average Bonchev–Trinajstić information content (AvgIpc) is 3.35. The van der Waals surface area contributed by atoms with Gasteiger partial charge in [-0.1, -0.05) is 20.8 Å². The van der Waals surface area contributed by atoms with E-state index >= 15 is 0 Å². The fourth-order valence-corrected chi connectivity index (χ4v) is 5.22. The zero-order valence-corrected chi connectivity index (χ0v) is 18.1. The Morgan fingerprint density at radius 3 is 2.50 bits per heavy atom. The number of carbonyl (C=O) groups excluding carboxylic acids is 1. The maximum Gasteiger partial charge on any atom is 0.308 e. The largest absolute Gasteiger partial charge is 0.459 e. The molecule has 162 valence electrons. The molecule has 3 rings (SSSR count). The van der Waals surface area contributed by atoms with Crippen molar-refractivity contribution in [2.24, 2.45) is 5.92 Å². The van der Waals surface area contributed by atoms with Crippen LogP contribution in [0.15, 0.2) is 0 Å². The molecule has 0 amide bonds. The lowest BCUT2D eigenvalue weighted by Crippen LogP contribution is -2.39. The second-order valence-electron chi connectivity index (χ2n) is 8.91. The van der Waals surface area contributed by atoms with Crippen LogP contribution in [0.5, 0.6) is 0 Å². The van der Waals surface area contributed by atoms with Gasteiger partial charge < -0.3 is 18.9 Å². The molecule has 28 heavy (non-hydrogen) atoms. The number of carbonyl (C=O) groups is 1. The highest BCUT2D eigenvalue weighted by molar-refractivity contribution is 5.70. The van der Waals surface area contributed by atoms with Crippen LogP contribution in [-0.4, -0.2) is 42.8 Å². The molecule has 2 aliphatic heterocycles. The highest BCUT2D eigenvalue weighted by Crippen LogP contribution is 2.39. The van der Waals surface area contributed by atoms with Crippen LogP contribution in [0.1, 0.15) is 97.8 Å². The number of rotatable bonds is 9. The van der Waals surface area contributed by atoms with Crippen molar-refractivity contribution in [3.05, 3.63) is 0 Å². The molecule has 1 aliphatic carbocycles. The fraction of sp³-hybridized carbons (Fsp3) is 0.957. The summed E-state index contributed by atoms with van der Waals surface area (Å²) in [5.74, 6) is 0.119. The fourth-order valence-electron chi connectivity index (χ4n) is 5.22. The van der Waals surface area contributed by atoms with Crippen molar-refractivity contribution in [1.29, 1.82) is 0 Å². The molecule has 1 saturated carbocycles. The molecule has 0 spiro atoms. The summed E-state index contributed by atoms with van der Waals surface area (Å²) in [6.45, 7) is 7.20. The molecule has 5 nitrogen and oxygen atoms in total. The van der Waals surface area contributed by atoms with Crippen LogP contribution >= 0.6 is 0 Å². The van der Waals surface area contributed by atoms with Crippen LogP contribution in [0.3, 0.4) is 0 Å². The quantitative estimate of drug-likeness (QED) is 0.505. The lowest BCUT2D eigenvalue weighted by atomic mass is 9.89. The number of hydrogen-bond donors (Lipinski definition) is 0. The Morgan fingerprint density at radius 1 is 1.11 bits per heavy atom. The van der Waals surface area contributed by atoms with Gasteiger partial charge in [-0.3, -0.25) is 4.79 Å². The summed E-state index contributed by atoms with van der Waals surface area (Å²) in [5.41, 5.74) is -0.245. The van der Waals surface area contributed by atoms with E-state index in [0.717, 1.165) is 77.2 Å². The molecule has 5 atom stereocenters. The van der Waals surface area contributed by atoms with E-state index in [-0.39, 0.29) is 42.1 Å². The van der Waals surface area contributed by atoms with Crippen LogP contribution in [0.2, 0.25) is 0 Å². The van der Waals surface area contributed by atoms with Crippen LogP contribution in [0.25, 0.3) is 0 Å². The van der Waals surface area contributed by atoms with E-state index in [2.05, 4.69) is 20.8 Å². The Balaban J connectivity index is 1.67. The van der Waals surface area contributed by atoms with Crippen molar-refractivity contribution in [1.82, 2.24) is 0 Å². The third kappa shape index (κ3) is 5.48. The molecule has 3 aliphatic rings. The third-order valence-corrected chi connectivity index (χ3v) is 7.04. The van der Waals surface area contributed by atoms with Gasteiger partial charge in [0.05, 0.1) is 24.7 Å². The standard InChI is InChI=1S/C23H40O5/c1-4-17-15-18(19(5-2)26-17)20(27-22-11-7-10-14-25-22)16-21(24)28-23(6-3)12-8-9-13-23/h17-20,22H,4-16H2,1-3H3. The minimum atomic E-state index is -0.245. The van der Waals surface area contributed by atoms with Gasteiger partial charge in [0.1, 0.15) is 5.60 Å². The Kier molecular flexibility index (Phi) is 8.19. The van der Waals surface area contributed by atoms with Crippen molar-refractivity contribution in [2.75, 3.05) is 6.61 Å². The second kappa shape index (κ2) is 10.4. The van der Waals surface area contributed by atoms with Crippen molar-refractivity contribution in [3.63, 3.8) is 0 Å². The summed E-state index contributed by atoms with van der Waals surface area (Å²) >= 11 is 0. The van der Waals surface area contributed by atoms with E-state index in [1.807, 2.05) is 0 Å². The van der Waals surface area contributed by atoms with Gasteiger partial charge in [0.2, 0.25) is 0 Å². The van der Waals surface area contributed by atoms with E-state index in [4.69, 9.17) is 18.9 Å². The van der Waals surface area contributed by atoms with E-state index < -0.39 is 0 Å². The predicted molar refractivity (Wildman–Crippen MR) is 108 cm³/mol. The highest BCUT2D eigenvalue weighted by atomic mass is 16.7. The van der Waals surface area contributed by atoms with Gasteiger partial charge >= 0.3 is 5.97 Å². The molecule has 0 aromatic rings. The average molecular weight is 397 g/mol. The van der Waals surface area contributed by atoms with Gasteiger partial charge in [-0.25, -0.2) is 0 Å². The van der Waals surface area contributed by atoms with Crippen LogP contribution in [-0.2, 0) is 23.7 Å². The Labute approximate surface area is 170 Å². The summed E-state index contributed by atoms with van der Waals surface area (Å²) in [4.78, 5) is 12.9. The van der Waals surface area contributed by atoms with Crippen molar-refractivity contribution in [2.45, 2.75) is 128 Å². The molecule has 0 bridgehead atoms. The maximum atomic E-state index is 12.9. The SMILES string of the molecule is CCC1CC(C(CC(=O)OC2(CC)CCCC2)OC2CCCCO2)C(CC)O1. The van der Waals surface area contributed by atoms with Gasteiger partial charge in [-0.05, 0) is 70.6 Å². The van der Waals surface area contributed by atoms with Crippen LogP contribution in [0, 0.1) is 5.92 Å². The minimum Gasteiger partial charge on any atom is -0.459 e. The molecule has 2 saturated heterocycles. The maximum absolute atomic E-state index is 12.9. The summed E-state index contributed by atoms with van der Waals surface area (Å²) in [7, 11) is 0. The molecule has 0 N–H and O–H groups in total. The summed E-state index contributed by atoms with van der Waals surface area (Å²) < 4.78 is 24.5. The zero-order valence-electron chi connectivity index (χ0n) is 18.1. The number of ether oxygens (including phenoxy) is 4. The number of hydrogen-bond acceptors (Lipinski definition) is 5. The number of esters is 1. The van der Waals surface area contributed by atoms with Crippen molar-refractivity contribution in [3.8, 4) is 0 Å². The van der Waals surface area contributed by atoms with Gasteiger partial charge in [-0.2, -0.15) is 0 Å². The summed E-state index contributed by atoms with van der Waals surface area (Å²) in [6, 6.07) is 0. The Bertz CT molecular complexity index is 481. The monoisotopic (exact) mass is 396 g/mol. The highest BCUT2D eigenvalue weighted by Gasteiger charge is 2.42. The van der Waals surface area contributed by atoms with E-state index in [0.29, 0.717) is 6.42 Å². The minimum absolute atomic E-state index is 0.112. The molecular formula is C23H40O5. The van der Waals surface area contributed by atoms with E-state index in [9.17, 15) is 4.79 Å². The van der Waals surface area contributed by atoms with Crippen molar-refractivity contribution >= 4 is 5.97 Å². The molecule has 5 heteroatoms. The first-order valence-electron chi connectivity index (χ1n) is 11.7. The first kappa shape index (κ1) is 22.0. The first-order chi connectivity index (χ1) is 13.6. The Morgan fingerprint density at radius 2 is 1.89 bits per heavy atom. The second-order valence-corrected chi connectivity index (χ2v) is 8.91. The van der Waals surface area contributed by atoms with Crippen LogP contribution < -0.4 is 0 Å². The van der Waals surface area contributed by atoms with Gasteiger partial charge in [0.15, 0.2) is 6.29 Å². The summed E-state index contributed by atoms with van der Waals surface area (Å²) in [5, 5.41) is 0. The molecule has 0 aromatic carbocycles. The Hall–Kier alpha value is -0.650. The van der Waals surface area contributed by atoms with E-state index in [1.165, 1.54) is 0 Å². The lowest BCUT2D eigenvalue weighted by molar-refractivity contribution is -0.208. The topological polar surface area (TPSA) is 54.0 Å². The third-order valence-electron chi connectivity index (χ3n) is 7.04. The molecule has 0 radical (unpaired) electrons. The smallest absolute Gasteiger partial charge is 0.308 e.